The second-order valence-electron chi connectivity index (χ2n) is 8.89. The predicted octanol–water partition coefficient (Wildman–Crippen LogP) is 0.331. The fourth-order valence-electron chi connectivity index (χ4n) is 4.65. The van der Waals surface area contributed by atoms with Crippen LogP contribution in [0.3, 0.4) is 0 Å². The Labute approximate surface area is 189 Å². The standard InChI is InChI=1S/C21H29N5O5S/c1-13(27)25-6-2-15(10-25)22-19-18-17(5-9-32(18)29)23-21(24-19)26-11-16(12-26)31-20(28)14-3-7-30-8-4-14/h14-16H,2-12H2,1H3,(H,22,23,24)/t15-,32+/m0/s1. The van der Waals surface area contributed by atoms with Crippen LogP contribution in [0.4, 0.5) is 11.8 Å². The van der Waals surface area contributed by atoms with Gasteiger partial charge < -0.3 is 24.6 Å². The van der Waals surface area contributed by atoms with Crippen molar-refractivity contribution in [2.24, 2.45) is 5.92 Å². The summed E-state index contributed by atoms with van der Waals surface area (Å²) in [6.45, 7) is 5.24. The summed E-state index contributed by atoms with van der Waals surface area (Å²) in [5.74, 6) is 1.59. The first-order valence-electron chi connectivity index (χ1n) is 11.3. The van der Waals surface area contributed by atoms with Crippen molar-refractivity contribution in [3.05, 3.63) is 5.69 Å². The number of hydrogen-bond donors (Lipinski definition) is 1. The minimum absolute atomic E-state index is 0.0633. The third-order valence-corrected chi connectivity index (χ3v) is 8.08. The Morgan fingerprint density at radius 2 is 1.94 bits per heavy atom. The molecule has 5 heterocycles. The van der Waals surface area contributed by atoms with Crippen molar-refractivity contribution in [2.45, 2.75) is 49.6 Å². The van der Waals surface area contributed by atoms with Gasteiger partial charge in [0.25, 0.3) is 0 Å². The Kier molecular flexibility index (Phi) is 6.02. The van der Waals surface area contributed by atoms with E-state index in [2.05, 4.69) is 10.3 Å². The van der Waals surface area contributed by atoms with Gasteiger partial charge in [-0.25, -0.2) is 4.98 Å². The van der Waals surface area contributed by atoms with Crippen LogP contribution in [0.5, 0.6) is 0 Å². The summed E-state index contributed by atoms with van der Waals surface area (Å²) < 4.78 is 23.5. The van der Waals surface area contributed by atoms with Crippen LogP contribution in [0.1, 0.15) is 31.9 Å². The Balaban J connectivity index is 1.24. The molecule has 5 rings (SSSR count). The number of amides is 1. The molecule has 4 aliphatic heterocycles. The van der Waals surface area contributed by atoms with Gasteiger partial charge in [-0.15, -0.1) is 0 Å². The van der Waals surface area contributed by atoms with Crippen LogP contribution in [0.25, 0.3) is 0 Å². The highest BCUT2D eigenvalue weighted by atomic mass is 32.2. The molecule has 1 aromatic heterocycles. The highest BCUT2D eigenvalue weighted by Crippen LogP contribution is 2.32. The van der Waals surface area contributed by atoms with E-state index in [0.29, 0.717) is 68.2 Å². The lowest BCUT2D eigenvalue weighted by Gasteiger charge is -2.39. The first kappa shape index (κ1) is 21.6. The number of esters is 1. The Bertz CT molecular complexity index is 931. The molecule has 0 spiro atoms. The van der Waals surface area contributed by atoms with Gasteiger partial charge in [0.1, 0.15) is 16.8 Å². The van der Waals surface area contributed by atoms with E-state index in [4.69, 9.17) is 14.5 Å². The summed E-state index contributed by atoms with van der Waals surface area (Å²) in [6, 6.07) is 0.0768. The van der Waals surface area contributed by atoms with Crippen LogP contribution in [0.15, 0.2) is 4.90 Å². The van der Waals surface area contributed by atoms with Gasteiger partial charge in [0, 0.05) is 51.4 Å². The van der Waals surface area contributed by atoms with Crippen LogP contribution in [-0.2, 0) is 36.3 Å². The van der Waals surface area contributed by atoms with Crippen molar-refractivity contribution >= 4 is 34.4 Å². The van der Waals surface area contributed by atoms with Crippen LogP contribution in [-0.4, -0.2) is 88.2 Å². The number of nitrogens with zero attached hydrogens (tertiary/aromatic N) is 4. The number of anilines is 2. The molecule has 0 aromatic carbocycles. The second kappa shape index (κ2) is 8.93. The van der Waals surface area contributed by atoms with E-state index in [-0.39, 0.29) is 29.9 Å². The quantitative estimate of drug-likeness (QED) is 0.617. The summed E-state index contributed by atoms with van der Waals surface area (Å²) in [5.41, 5.74) is 0.819. The smallest absolute Gasteiger partial charge is 0.309 e. The van der Waals surface area contributed by atoms with Crippen LogP contribution < -0.4 is 10.2 Å². The topological polar surface area (TPSA) is 114 Å². The Morgan fingerprint density at radius 1 is 1.16 bits per heavy atom. The highest BCUT2D eigenvalue weighted by molar-refractivity contribution is 7.85. The molecule has 1 amide bonds. The van der Waals surface area contributed by atoms with Crippen molar-refractivity contribution in [1.82, 2.24) is 14.9 Å². The molecule has 11 heteroatoms. The molecular weight excluding hydrogens is 434 g/mol. The van der Waals surface area contributed by atoms with Crippen molar-refractivity contribution < 1.29 is 23.3 Å². The molecule has 3 fully saturated rings. The number of carbonyl (C=O) groups excluding carboxylic acids is 2. The minimum Gasteiger partial charge on any atom is -0.458 e. The summed E-state index contributed by atoms with van der Waals surface area (Å²) >= 11 is 0. The first-order valence-corrected chi connectivity index (χ1v) is 12.6. The molecule has 174 valence electrons. The van der Waals surface area contributed by atoms with Gasteiger partial charge in [0.15, 0.2) is 0 Å². The average Bonchev–Trinajstić information content (AvgIpc) is 3.38. The average molecular weight is 464 g/mol. The van der Waals surface area contributed by atoms with Gasteiger partial charge in [-0.05, 0) is 19.3 Å². The fourth-order valence-corrected chi connectivity index (χ4v) is 5.96. The molecular formula is C21H29N5O5S. The number of nitrogens with one attached hydrogen (secondary N) is 1. The Morgan fingerprint density at radius 3 is 2.66 bits per heavy atom. The van der Waals surface area contributed by atoms with Crippen LogP contribution in [0, 0.1) is 5.92 Å². The summed E-state index contributed by atoms with van der Waals surface area (Å²) in [7, 11) is -1.12. The number of likely N-dealkylation sites (tertiary alicyclic amines) is 1. The van der Waals surface area contributed by atoms with Gasteiger partial charge in [-0.1, -0.05) is 0 Å². The van der Waals surface area contributed by atoms with Crippen molar-refractivity contribution in [3.63, 3.8) is 0 Å². The van der Waals surface area contributed by atoms with Gasteiger partial charge in [0.2, 0.25) is 11.9 Å². The molecule has 0 bridgehead atoms. The number of aromatic nitrogens is 2. The molecule has 1 N–H and O–H groups in total. The second-order valence-corrected chi connectivity index (χ2v) is 10.4. The molecule has 3 saturated heterocycles. The highest BCUT2D eigenvalue weighted by Gasteiger charge is 2.36. The summed E-state index contributed by atoms with van der Waals surface area (Å²) in [5, 5.41) is 3.42. The largest absolute Gasteiger partial charge is 0.458 e. The molecule has 0 saturated carbocycles. The van der Waals surface area contributed by atoms with Gasteiger partial charge in [0.05, 0.1) is 35.5 Å². The fraction of sp³-hybridized carbons (Fsp3) is 0.714. The lowest BCUT2D eigenvalue weighted by Crippen LogP contribution is -2.54. The third-order valence-electron chi connectivity index (χ3n) is 6.62. The molecule has 0 unspecified atom stereocenters. The summed E-state index contributed by atoms with van der Waals surface area (Å²) in [6.07, 6.45) is 2.77. The van der Waals surface area contributed by atoms with E-state index in [9.17, 15) is 13.8 Å². The molecule has 10 nitrogen and oxygen atoms in total. The number of fused-ring (bicyclic) bond motifs is 1. The van der Waals surface area contributed by atoms with Crippen molar-refractivity contribution in [1.29, 1.82) is 0 Å². The molecule has 1 aromatic rings. The monoisotopic (exact) mass is 463 g/mol. The molecule has 2 atom stereocenters. The molecule has 0 radical (unpaired) electrons. The zero-order valence-corrected chi connectivity index (χ0v) is 19.1. The normalized spacial score (nSPS) is 26.0. The molecule has 4 aliphatic rings. The maximum absolute atomic E-state index is 12.6. The van der Waals surface area contributed by atoms with Gasteiger partial charge in [-0.2, -0.15) is 4.98 Å². The van der Waals surface area contributed by atoms with E-state index < -0.39 is 10.8 Å². The maximum Gasteiger partial charge on any atom is 0.309 e. The number of hydrogen-bond acceptors (Lipinski definition) is 9. The van der Waals surface area contributed by atoms with E-state index in [1.165, 1.54) is 0 Å². The number of carbonyl (C=O) groups is 2. The van der Waals surface area contributed by atoms with Gasteiger partial charge in [-0.3, -0.25) is 13.8 Å². The number of ether oxygens (including phenoxy) is 2. The van der Waals surface area contributed by atoms with E-state index in [1.54, 1.807) is 6.92 Å². The molecule has 32 heavy (non-hydrogen) atoms. The zero-order chi connectivity index (χ0) is 22.2. The number of aryl methyl sites for hydroxylation is 1. The van der Waals surface area contributed by atoms with E-state index in [1.807, 2.05) is 9.80 Å². The van der Waals surface area contributed by atoms with Crippen molar-refractivity contribution in [3.8, 4) is 0 Å². The minimum atomic E-state index is -1.12. The van der Waals surface area contributed by atoms with Crippen LogP contribution >= 0.6 is 0 Å². The number of rotatable bonds is 5. The maximum atomic E-state index is 12.6. The lowest BCUT2D eigenvalue weighted by molar-refractivity contribution is -0.158. The first-order chi connectivity index (χ1) is 15.5. The zero-order valence-electron chi connectivity index (χ0n) is 18.2. The SMILES string of the molecule is CC(=O)N1CC[C@H](Nc2nc(N3CC(OC(=O)C4CCOCC4)C3)nc3c2[S@](=O)CC3)C1. The van der Waals surface area contributed by atoms with E-state index >= 15 is 0 Å². The Hall–Kier alpha value is -2.27. The van der Waals surface area contributed by atoms with Crippen LogP contribution in [0.2, 0.25) is 0 Å². The third kappa shape index (κ3) is 4.32. The molecule has 0 aliphatic carbocycles. The van der Waals surface area contributed by atoms with Crippen molar-refractivity contribution in [2.75, 3.05) is 55.4 Å². The lowest BCUT2D eigenvalue weighted by atomic mass is 10.0. The predicted molar refractivity (Wildman–Crippen MR) is 117 cm³/mol. The summed E-state index contributed by atoms with van der Waals surface area (Å²) in [4.78, 5) is 37.9. The van der Waals surface area contributed by atoms with Gasteiger partial charge >= 0.3 is 5.97 Å². The van der Waals surface area contributed by atoms with E-state index in [0.717, 1.165) is 25.0 Å².